The molecular formula is C36H30N2O8. The van der Waals surface area contributed by atoms with Crippen LogP contribution in [0.4, 0.5) is 0 Å². The van der Waals surface area contributed by atoms with Gasteiger partial charge in [-0.15, -0.1) is 0 Å². The fourth-order valence-corrected chi connectivity index (χ4v) is 5.63. The van der Waals surface area contributed by atoms with Crippen molar-refractivity contribution in [3.8, 4) is 11.5 Å². The molecular weight excluding hydrogens is 588 g/mol. The van der Waals surface area contributed by atoms with Gasteiger partial charge in [0.25, 0.3) is 11.8 Å². The molecule has 10 heteroatoms. The van der Waals surface area contributed by atoms with Gasteiger partial charge in [0, 0.05) is 33.3 Å². The molecule has 0 aliphatic heterocycles. The summed E-state index contributed by atoms with van der Waals surface area (Å²) >= 11 is 0. The van der Waals surface area contributed by atoms with E-state index in [0.29, 0.717) is 55.4 Å². The van der Waals surface area contributed by atoms with E-state index in [0.717, 1.165) is 0 Å². The van der Waals surface area contributed by atoms with E-state index in [1.165, 1.54) is 33.4 Å². The van der Waals surface area contributed by atoms with Gasteiger partial charge in [-0.2, -0.15) is 0 Å². The number of aromatic nitrogens is 2. The Hall–Kier alpha value is -6.16. The van der Waals surface area contributed by atoms with E-state index < -0.39 is 11.9 Å². The zero-order valence-corrected chi connectivity index (χ0v) is 25.0. The van der Waals surface area contributed by atoms with Crippen molar-refractivity contribution in [2.45, 2.75) is 26.7 Å². The average molecular weight is 619 g/mol. The van der Waals surface area contributed by atoms with E-state index in [2.05, 4.69) is 0 Å². The predicted octanol–water partition coefficient (Wildman–Crippen LogP) is 5.94. The lowest BCUT2D eigenvalue weighted by molar-refractivity contribution is -0.137. The number of aromatic hydroxyl groups is 2. The minimum absolute atomic E-state index is 0.0356. The van der Waals surface area contributed by atoms with Gasteiger partial charge < -0.3 is 20.4 Å². The summed E-state index contributed by atoms with van der Waals surface area (Å²) in [6.07, 6.45) is -0.415. The molecule has 232 valence electrons. The third-order valence-electron chi connectivity index (χ3n) is 7.74. The van der Waals surface area contributed by atoms with Crippen LogP contribution in [0.5, 0.6) is 11.5 Å². The highest BCUT2D eigenvalue weighted by molar-refractivity contribution is 6.06. The first-order valence-electron chi connectivity index (χ1n) is 14.3. The highest BCUT2D eigenvalue weighted by Gasteiger charge is 2.23. The fraction of sp³-hybridized carbons (Fsp3) is 0.111. The van der Waals surface area contributed by atoms with Crippen molar-refractivity contribution in [1.82, 2.24) is 9.13 Å². The summed E-state index contributed by atoms with van der Waals surface area (Å²) in [4.78, 5) is 47.9. The van der Waals surface area contributed by atoms with Gasteiger partial charge in [-0.05, 0) is 85.6 Å². The van der Waals surface area contributed by atoms with Gasteiger partial charge in [-0.1, -0.05) is 36.4 Å². The normalized spacial score (nSPS) is 10.8. The minimum Gasteiger partial charge on any atom is -0.508 e. The summed E-state index contributed by atoms with van der Waals surface area (Å²) in [5.41, 5.74) is 4.42. The number of hydrogen-bond donors (Lipinski definition) is 4. The summed E-state index contributed by atoms with van der Waals surface area (Å²) in [6, 6.07) is 26.8. The van der Waals surface area contributed by atoms with Crippen LogP contribution in [-0.4, -0.2) is 53.3 Å². The molecule has 0 aliphatic rings. The van der Waals surface area contributed by atoms with Gasteiger partial charge in [0.05, 0.1) is 23.9 Å². The second-order valence-electron chi connectivity index (χ2n) is 10.7. The van der Waals surface area contributed by atoms with Gasteiger partial charge in [0.2, 0.25) is 0 Å². The average Bonchev–Trinajstić information content (AvgIpc) is 3.45. The monoisotopic (exact) mass is 618 g/mol. The second kappa shape index (κ2) is 12.8. The van der Waals surface area contributed by atoms with Crippen molar-refractivity contribution in [1.29, 1.82) is 0 Å². The Morgan fingerprint density at radius 3 is 1.22 bits per heavy atom. The maximum Gasteiger partial charge on any atom is 0.307 e. The number of phenols is 2. The fourth-order valence-electron chi connectivity index (χ4n) is 5.63. The Morgan fingerprint density at radius 1 is 0.543 bits per heavy atom. The van der Waals surface area contributed by atoms with Crippen LogP contribution in [0.15, 0.2) is 97.1 Å². The van der Waals surface area contributed by atoms with Crippen LogP contribution in [0.2, 0.25) is 0 Å². The Labute approximate surface area is 263 Å². The summed E-state index contributed by atoms with van der Waals surface area (Å²) in [5, 5.41) is 38.8. The Kier molecular flexibility index (Phi) is 8.72. The van der Waals surface area contributed by atoms with Gasteiger partial charge in [-0.3, -0.25) is 28.3 Å². The van der Waals surface area contributed by atoms with Crippen molar-refractivity contribution in [2.24, 2.45) is 0 Å². The molecule has 0 fully saturated rings. The lowest BCUT2D eigenvalue weighted by Crippen LogP contribution is -2.14. The first-order chi connectivity index (χ1) is 22.0. The molecule has 0 bridgehead atoms. The SMILES string of the molecule is Cc1c(CC(=O)O)c2cc(O)ccc2n1C(=O)c1ccccc1.Cc1c(CC(=O)O)c2cc(O)ccc2n1C(=O)c1ccccc1. The minimum atomic E-state index is -0.984. The Bertz CT molecular complexity index is 1970. The van der Waals surface area contributed by atoms with Crippen molar-refractivity contribution < 1.29 is 39.6 Å². The summed E-state index contributed by atoms with van der Waals surface area (Å²) in [6.45, 7) is 3.44. The molecule has 4 N–H and O–H groups in total. The molecule has 0 saturated carbocycles. The standard InChI is InChI=1S/2C18H15NO4/c2*1-11-14(10-17(21)22)15-9-13(20)7-8-16(15)19(11)18(23)12-5-3-2-4-6-12/h2*2-9,20H,10H2,1H3,(H,21,22). The van der Waals surface area contributed by atoms with E-state index in [1.807, 2.05) is 12.1 Å². The quantitative estimate of drug-likeness (QED) is 0.178. The molecule has 2 aromatic heterocycles. The number of rotatable bonds is 6. The molecule has 0 radical (unpaired) electrons. The summed E-state index contributed by atoms with van der Waals surface area (Å²) < 4.78 is 3.00. The number of nitrogens with zero attached hydrogens (tertiary/aromatic N) is 2. The van der Waals surface area contributed by atoms with Crippen LogP contribution in [-0.2, 0) is 22.4 Å². The molecule has 6 aromatic rings. The number of carboxylic acid groups (broad SMARTS) is 2. The molecule has 46 heavy (non-hydrogen) atoms. The van der Waals surface area contributed by atoms with Gasteiger partial charge >= 0.3 is 11.9 Å². The van der Waals surface area contributed by atoms with Crippen LogP contribution < -0.4 is 0 Å². The van der Waals surface area contributed by atoms with Gasteiger partial charge in [-0.25, -0.2) is 0 Å². The van der Waals surface area contributed by atoms with Crippen LogP contribution in [0, 0.1) is 13.8 Å². The molecule has 2 heterocycles. The van der Waals surface area contributed by atoms with Crippen LogP contribution in [0.25, 0.3) is 21.8 Å². The zero-order valence-electron chi connectivity index (χ0n) is 25.0. The smallest absolute Gasteiger partial charge is 0.307 e. The van der Waals surface area contributed by atoms with E-state index in [-0.39, 0.29) is 36.2 Å². The number of hydrogen-bond acceptors (Lipinski definition) is 6. The molecule has 0 aliphatic carbocycles. The van der Waals surface area contributed by atoms with Crippen molar-refractivity contribution in [3.05, 3.63) is 131 Å². The zero-order chi connectivity index (χ0) is 33.1. The lowest BCUT2D eigenvalue weighted by Gasteiger charge is -2.07. The number of benzene rings is 4. The molecule has 0 saturated heterocycles. The molecule has 6 rings (SSSR count). The third kappa shape index (κ3) is 6.09. The third-order valence-corrected chi connectivity index (χ3v) is 7.74. The topological polar surface area (TPSA) is 159 Å². The molecule has 0 amide bonds. The summed E-state index contributed by atoms with van der Waals surface area (Å²) in [7, 11) is 0. The van der Waals surface area contributed by atoms with Crippen LogP contribution in [0.1, 0.15) is 43.2 Å². The molecule has 0 spiro atoms. The van der Waals surface area contributed by atoms with E-state index in [9.17, 15) is 29.4 Å². The number of fused-ring (bicyclic) bond motifs is 2. The summed E-state index contributed by atoms with van der Waals surface area (Å²) in [5.74, 6) is -2.35. The van der Waals surface area contributed by atoms with Crippen LogP contribution >= 0.6 is 0 Å². The maximum atomic E-state index is 12.8. The molecule has 0 atom stereocenters. The van der Waals surface area contributed by atoms with Crippen molar-refractivity contribution in [2.75, 3.05) is 0 Å². The molecule has 10 nitrogen and oxygen atoms in total. The largest absolute Gasteiger partial charge is 0.508 e. The molecule has 0 unspecified atom stereocenters. The lowest BCUT2D eigenvalue weighted by atomic mass is 10.1. The Balaban J connectivity index is 0.000000181. The second-order valence-corrected chi connectivity index (χ2v) is 10.7. The number of aliphatic carboxylic acids is 2. The van der Waals surface area contributed by atoms with E-state index in [1.54, 1.807) is 74.5 Å². The number of carbonyl (C=O) groups is 4. The van der Waals surface area contributed by atoms with Gasteiger partial charge in [0.1, 0.15) is 11.5 Å². The highest BCUT2D eigenvalue weighted by Crippen LogP contribution is 2.31. The number of carboxylic acids is 2. The first kappa shape index (κ1) is 31.3. The van der Waals surface area contributed by atoms with E-state index in [4.69, 9.17) is 10.2 Å². The Morgan fingerprint density at radius 2 is 0.891 bits per heavy atom. The van der Waals surface area contributed by atoms with Crippen molar-refractivity contribution in [3.63, 3.8) is 0 Å². The van der Waals surface area contributed by atoms with Crippen molar-refractivity contribution >= 4 is 45.6 Å². The van der Waals surface area contributed by atoms with Gasteiger partial charge in [0.15, 0.2) is 0 Å². The first-order valence-corrected chi connectivity index (χ1v) is 14.3. The highest BCUT2D eigenvalue weighted by atomic mass is 16.4. The maximum absolute atomic E-state index is 12.8. The predicted molar refractivity (Wildman–Crippen MR) is 172 cm³/mol. The van der Waals surface area contributed by atoms with E-state index >= 15 is 0 Å². The number of carbonyl (C=O) groups excluding carboxylic acids is 2. The number of phenolic OH excluding ortho intramolecular Hbond substituents is 2. The van der Waals surface area contributed by atoms with Crippen LogP contribution in [0.3, 0.4) is 0 Å². The molecule has 4 aromatic carbocycles.